The van der Waals surface area contributed by atoms with Gasteiger partial charge in [0.2, 0.25) is 5.91 Å². The molecule has 9 nitrogen and oxygen atoms in total. The van der Waals surface area contributed by atoms with Gasteiger partial charge in [-0.1, -0.05) is 36.8 Å². The molecule has 2 aromatic rings. The van der Waals surface area contributed by atoms with Crippen LogP contribution in [0.3, 0.4) is 0 Å². The maximum Gasteiger partial charge on any atom is 0.341 e. The third kappa shape index (κ3) is 5.12. The number of rotatable bonds is 8. The molecule has 0 unspecified atom stereocenters. The smallest absolute Gasteiger partial charge is 0.341 e. The molecule has 2 aliphatic carbocycles. The summed E-state index contributed by atoms with van der Waals surface area (Å²) in [5, 5.41) is 2.72. The third-order valence-corrected chi connectivity index (χ3v) is 9.21. The molecule has 5 rings (SSSR count). The molecule has 1 aromatic carbocycles. The molecule has 1 aromatic heterocycles. The fourth-order valence-electron chi connectivity index (χ4n) is 6.63. The van der Waals surface area contributed by atoms with E-state index in [0.29, 0.717) is 12.5 Å². The molecule has 0 bridgehead atoms. The van der Waals surface area contributed by atoms with E-state index < -0.39 is 5.97 Å². The van der Waals surface area contributed by atoms with Crippen molar-refractivity contribution in [1.29, 1.82) is 0 Å². The Labute approximate surface area is 230 Å². The molecular formula is C30H39N5O4. The molecule has 1 spiro atoms. The minimum absolute atomic E-state index is 0.0664. The summed E-state index contributed by atoms with van der Waals surface area (Å²) in [7, 11) is 5.58. The summed E-state index contributed by atoms with van der Waals surface area (Å²) in [6.45, 7) is 1.19. The van der Waals surface area contributed by atoms with Gasteiger partial charge in [-0.2, -0.15) is 0 Å². The van der Waals surface area contributed by atoms with Crippen molar-refractivity contribution in [2.24, 2.45) is 5.92 Å². The predicted octanol–water partition coefficient (Wildman–Crippen LogP) is 4.11. The maximum atomic E-state index is 13.8. The number of benzene rings is 1. The summed E-state index contributed by atoms with van der Waals surface area (Å²) in [4.78, 5) is 49.3. The van der Waals surface area contributed by atoms with E-state index in [0.717, 1.165) is 45.1 Å². The first-order valence-electron chi connectivity index (χ1n) is 13.9. The van der Waals surface area contributed by atoms with Gasteiger partial charge < -0.3 is 19.9 Å². The highest BCUT2D eigenvalue weighted by Gasteiger charge is 2.55. The fourth-order valence-corrected chi connectivity index (χ4v) is 6.63. The Hall–Kier alpha value is -3.46. The summed E-state index contributed by atoms with van der Waals surface area (Å²) in [5.74, 6) is -0.287. The van der Waals surface area contributed by atoms with Crippen LogP contribution in [0.1, 0.15) is 60.9 Å². The third-order valence-electron chi connectivity index (χ3n) is 9.21. The largest absolute Gasteiger partial charge is 0.465 e. The number of urea groups is 1. The fraction of sp³-hybridized carbons (Fsp3) is 0.533. The van der Waals surface area contributed by atoms with Crippen LogP contribution in [0.4, 0.5) is 10.6 Å². The van der Waals surface area contributed by atoms with Gasteiger partial charge in [0.05, 0.1) is 12.6 Å². The van der Waals surface area contributed by atoms with Crippen LogP contribution in [-0.2, 0) is 15.1 Å². The zero-order chi connectivity index (χ0) is 27.6. The number of carbonyl (C=O) groups is 3. The highest BCUT2D eigenvalue weighted by Crippen LogP contribution is 2.49. The normalized spacial score (nSPS) is 25.2. The van der Waals surface area contributed by atoms with E-state index in [9.17, 15) is 14.4 Å². The minimum atomic E-state index is -0.578. The van der Waals surface area contributed by atoms with Gasteiger partial charge in [0.1, 0.15) is 17.9 Å². The molecule has 3 fully saturated rings. The number of carbonyl (C=O) groups excluding carboxylic acids is 3. The van der Waals surface area contributed by atoms with Crippen molar-refractivity contribution < 1.29 is 19.1 Å². The lowest BCUT2D eigenvalue weighted by molar-refractivity contribution is -0.116. The van der Waals surface area contributed by atoms with E-state index in [1.165, 1.54) is 25.3 Å². The Morgan fingerprint density at radius 1 is 1.08 bits per heavy atom. The molecule has 208 valence electrons. The standard InChI is InChI=1S/C30H39N5O4/c1-33(2)30(23-11-5-4-6-12-23)16-14-29(15-17-30)21-34(28(38)35(29)19-22-9-7-10-22)20-25(36)32-26-24(27(37)39-3)13-8-18-31-26/h4-6,8,11-13,18,22H,7,9-10,14-17,19-21H2,1-3H3,(H,31,32,36). The van der Waals surface area contributed by atoms with Gasteiger partial charge in [0, 0.05) is 24.8 Å². The van der Waals surface area contributed by atoms with Crippen molar-refractivity contribution in [3.8, 4) is 0 Å². The number of hydrogen-bond donors (Lipinski definition) is 1. The molecule has 3 aliphatic rings. The first-order chi connectivity index (χ1) is 18.8. The van der Waals surface area contributed by atoms with Crippen LogP contribution in [0, 0.1) is 5.92 Å². The van der Waals surface area contributed by atoms with Gasteiger partial charge in [-0.3, -0.25) is 9.69 Å². The number of anilines is 1. The zero-order valence-electron chi connectivity index (χ0n) is 23.2. The molecule has 0 radical (unpaired) electrons. The van der Waals surface area contributed by atoms with E-state index in [-0.39, 0.29) is 40.9 Å². The maximum absolute atomic E-state index is 13.8. The first kappa shape index (κ1) is 27.1. The van der Waals surface area contributed by atoms with Gasteiger partial charge in [0.25, 0.3) is 0 Å². The van der Waals surface area contributed by atoms with Crippen molar-refractivity contribution in [2.45, 2.75) is 56.0 Å². The first-order valence-corrected chi connectivity index (χ1v) is 13.9. The Bertz CT molecular complexity index is 1200. The van der Waals surface area contributed by atoms with Crippen molar-refractivity contribution in [3.63, 3.8) is 0 Å². The molecule has 39 heavy (non-hydrogen) atoms. The quantitative estimate of drug-likeness (QED) is 0.513. The van der Waals surface area contributed by atoms with Crippen LogP contribution in [0.15, 0.2) is 48.7 Å². The van der Waals surface area contributed by atoms with Gasteiger partial charge in [-0.05, 0) is 76.2 Å². The van der Waals surface area contributed by atoms with Crippen LogP contribution in [0.25, 0.3) is 0 Å². The number of hydrogen-bond acceptors (Lipinski definition) is 6. The monoisotopic (exact) mass is 533 g/mol. The highest BCUT2D eigenvalue weighted by molar-refractivity contribution is 6.01. The average molecular weight is 534 g/mol. The van der Waals surface area contributed by atoms with E-state index in [1.807, 2.05) is 0 Å². The summed E-state index contributed by atoms with van der Waals surface area (Å²) in [5.41, 5.74) is 1.12. The second-order valence-electron chi connectivity index (χ2n) is 11.5. The lowest BCUT2D eigenvalue weighted by atomic mass is 9.68. The molecule has 2 saturated carbocycles. The van der Waals surface area contributed by atoms with Crippen molar-refractivity contribution in [1.82, 2.24) is 19.7 Å². The number of methoxy groups -OCH3 is 1. The van der Waals surface area contributed by atoms with Gasteiger partial charge in [0.15, 0.2) is 0 Å². The van der Waals surface area contributed by atoms with Gasteiger partial charge in [-0.25, -0.2) is 14.6 Å². The predicted molar refractivity (Wildman–Crippen MR) is 148 cm³/mol. The molecule has 9 heteroatoms. The molecule has 1 N–H and O–H groups in total. The lowest BCUT2D eigenvalue weighted by Gasteiger charge is -2.51. The Balaban J connectivity index is 1.34. The Kier molecular flexibility index (Phi) is 7.62. The number of amides is 3. The van der Waals surface area contributed by atoms with Gasteiger partial charge in [-0.15, -0.1) is 0 Å². The van der Waals surface area contributed by atoms with Crippen LogP contribution in [-0.4, -0.2) is 84.0 Å². The minimum Gasteiger partial charge on any atom is -0.465 e. The number of pyridine rings is 1. The van der Waals surface area contributed by atoms with Gasteiger partial charge >= 0.3 is 12.0 Å². The Morgan fingerprint density at radius 3 is 2.41 bits per heavy atom. The number of aromatic nitrogens is 1. The molecule has 1 saturated heterocycles. The number of esters is 1. The average Bonchev–Trinajstić information content (AvgIpc) is 3.16. The van der Waals surface area contributed by atoms with Crippen molar-refractivity contribution >= 4 is 23.7 Å². The second kappa shape index (κ2) is 11.0. The zero-order valence-corrected chi connectivity index (χ0v) is 23.2. The molecular weight excluding hydrogens is 494 g/mol. The number of ether oxygens (including phenoxy) is 1. The van der Waals surface area contributed by atoms with Crippen LogP contribution in [0.2, 0.25) is 0 Å². The topological polar surface area (TPSA) is 95.1 Å². The SMILES string of the molecule is COC(=O)c1cccnc1NC(=O)CN1CC2(CCC(c3ccccc3)(N(C)C)CC2)N(CC2CCC2)C1=O. The van der Waals surface area contributed by atoms with Crippen LogP contribution >= 0.6 is 0 Å². The van der Waals surface area contributed by atoms with E-state index in [2.05, 4.69) is 64.5 Å². The molecule has 1 aliphatic heterocycles. The lowest BCUT2D eigenvalue weighted by Crippen LogP contribution is -2.56. The Morgan fingerprint density at radius 2 is 1.79 bits per heavy atom. The van der Waals surface area contributed by atoms with E-state index >= 15 is 0 Å². The molecule has 2 heterocycles. The summed E-state index contributed by atoms with van der Waals surface area (Å²) in [6.07, 6.45) is 8.67. The summed E-state index contributed by atoms with van der Waals surface area (Å²) in [6, 6.07) is 13.8. The number of nitrogens with zero attached hydrogens (tertiary/aromatic N) is 4. The summed E-state index contributed by atoms with van der Waals surface area (Å²) >= 11 is 0. The van der Waals surface area contributed by atoms with E-state index in [1.54, 1.807) is 17.0 Å². The summed E-state index contributed by atoms with van der Waals surface area (Å²) < 4.78 is 4.81. The van der Waals surface area contributed by atoms with Crippen molar-refractivity contribution in [2.75, 3.05) is 46.2 Å². The molecule has 3 amide bonds. The van der Waals surface area contributed by atoms with Crippen LogP contribution in [0.5, 0.6) is 0 Å². The van der Waals surface area contributed by atoms with Crippen molar-refractivity contribution in [3.05, 3.63) is 59.8 Å². The molecule has 0 atom stereocenters. The highest BCUT2D eigenvalue weighted by atomic mass is 16.5. The number of nitrogens with one attached hydrogen (secondary N) is 1. The van der Waals surface area contributed by atoms with Crippen LogP contribution < -0.4 is 5.32 Å². The second-order valence-corrected chi connectivity index (χ2v) is 11.5. The van der Waals surface area contributed by atoms with E-state index in [4.69, 9.17) is 4.74 Å².